The Morgan fingerprint density at radius 1 is 1.46 bits per heavy atom. The second-order valence-electron chi connectivity index (χ2n) is 1.92. The van der Waals surface area contributed by atoms with Gasteiger partial charge in [0.1, 0.15) is 0 Å². The van der Waals surface area contributed by atoms with E-state index >= 15 is 0 Å². The summed E-state index contributed by atoms with van der Waals surface area (Å²) in [6, 6.07) is 1.23. The van der Waals surface area contributed by atoms with Crippen molar-refractivity contribution in [2.75, 3.05) is 7.11 Å². The van der Waals surface area contributed by atoms with E-state index in [1.807, 2.05) is 0 Å². The van der Waals surface area contributed by atoms with Gasteiger partial charge in [-0.2, -0.15) is 8.78 Å². The Kier molecular flexibility index (Phi) is 3.18. The maximum atomic E-state index is 11.8. The summed E-state index contributed by atoms with van der Waals surface area (Å²) in [5.74, 6) is -0.373. The molecule has 1 heterocycles. The monoisotopic (exact) mass is 210 g/mol. The second-order valence-corrected chi connectivity index (χ2v) is 2.31. The first-order valence-corrected chi connectivity index (χ1v) is 3.53. The van der Waals surface area contributed by atoms with Gasteiger partial charge in [-0.05, 0) is 0 Å². The molecule has 1 aromatic heterocycles. The van der Waals surface area contributed by atoms with Gasteiger partial charge in [0, 0.05) is 6.07 Å². The van der Waals surface area contributed by atoms with Crippen LogP contribution in [0.3, 0.4) is 0 Å². The first kappa shape index (κ1) is 9.91. The maximum absolute atomic E-state index is 11.8. The van der Waals surface area contributed by atoms with Crippen molar-refractivity contribution in [3.63, 3.8) is 0 Å². The molecule has 1 rings (SSSR count). The minimum Gasteiger partial charge on any atom is -0.491 e. The van der Waals surface area contributed by atoms with Crippen LogP contribution in [-0.2, 0) is 0 Å². The molecule has 0 N–H and O–H groups in total. The van der Waals surface area contributed by atoms with Crippen LogP contribution in [0.4, 0.5) is 8.78 Å². The number of methoxy groups -OCH3 is 1. The highest BCUT2D eigenvalue weighted by molar-refractivity contribution is 6.29. The number of alkyl halides is 2. The molecule has 0 fully saturated rings. The normalized spacial score (nSPS) is 10.2. The summed E-state index contributed by atoms with van der Waals surface area (Å²) < 4.78 is 32.2. The third-order valence-electron chi connectivity index (χ3n) is 1.12. The number of rotatable bonds is 3. The van der Waals surface area contributed by atoms with Gasteiger partial charge in [0.15, 0.2) is 10.9 Å². The smallest absolute Gasteiger partial charge is 0.388 e. The summed E-state index contributed by atoms with van der Waals surface area (Å²) in [5, 5.41) is 6.64. The van der Waals surface area contributed by atoms with Crippen molar-refractivity contribution in [1.29, 1.82) is 0 Å². The molecular formula is C6H5ClF2N2O2. The fourth-order valence-electron chi connectivity index (χ4n) is 0.654. The van der Waals surface area contributed by atoms with Crippen LogP contribution in [0, 0.1) is 0 Å². The van der Waals surface area contributed by atoms with Crippen LogP contribution in [0.25, 0.3) is 0 Å². The minimum atomic E-state index is -2.97. The van der Waals surface area contributed by atoms with Gasteiger partial charge in [-0.3, -0.25) is 0 Å². The van der Waals surface area contributed by atoms with Crippen LogP contribution in [0.15, 0.2) is 6.07 Å². The van der Waals surface area contributed by atoms with Crippen LogP contribution < -0.4 is 9.47 Å². The van der Waals surface area contributed by atoms with Crippen LogP contribution in [0.2, 0.25) is 5.15 Å². The van der Waals surface area contributed by atoms with Crippen molar-refractivity contribution < 1.29 is 18.3 Å². The average Bonchev–Trinajstić information content (AvgIpc) is 2.07. The molecule has 0 aliphatic heterocycles. The van der Waals surface area contributed by atoms with Crippen molar-refractivity contribution in [3.8, 4) is 11.6 Å². The fraction of sp³-hybridized carbons (Fsp3) is 0.333. The second kappa shape index (κ2) is 4.18. The molecule has 72 valence electrons. The first-order valence-electron chi connectivity index (χ1n) is 3.15. The SMILES string of the molecule is COc1cc(Cl)nnc1OC(F)F. The summed E-state index contributed by atoms with van der Waals surface area (Å²) in [6.07, 6.45) is 0. The first-order chi connectivity index (χ1) is 6.13. The quantitative estimate of drug-likeness (QED) is 0.762. The highest BCUT2D eigenvalue weighted by Gasteiger charge is 2.12. The van der Waals surface area contributed by atoms with Gasteiger partial charge < -0.3 is 9.47 Å². The number of halogens is 3. The highest BCUT2D eigenvalue weighted by atomic mass is 35.5. The molecule has 0 unspecified atom stereocenters. The largest absolute Gasteiger partial charge is 0.491 e. The zero-order valence-electron chi connectivity index (χ0n) is 6.50. The molecule has 1 aromatic rings. The Balaban J connectivity index is 2.92. The highest BCUT2D eigenvalue weighted by Crippen LogP contribution is 2.26. The lowest BCUT2D eigenvalue weighted by Gasteiger charge is -2.06. The van der Waals surface area contributed by atoms with Gasteiger partial charge in [-0.1, -0.05) is 11.6 Å². The molecule has 0 amide bonds. The minimum absolute atomic E-state index is 0.0142. The van der Waals surface area contributed by atoms with Gasteiger partial charge in [0.05, 0.1) is 7.11 Å². The van der Waals surface area contributed by atoms with Crippen molar-refractivity contribution in [2.24, 2.45) is 0 Å². The average molecular weight is 211 g/mol. The van der Waals surface area contributed by atoms with E-state index in [2.05, 4.69) is 19.7 Å². The number of hydrogen-bond acceptors (Lipinski definition) is 4. The van der Waals surface area contributed by atoms with Crippen molar-refractivity contribution in [2.45, 2.75) is 6.61 Å². The molecule has 0 saturated carbocycles. The van der Waals surface area contributed by atoms with E-state index in [-0.39, 0.29) is 16.8 Å². The molecule has 0 aromatic carbocycles. The Morgan fingerprint density at radius 3 is 2.69 bits per heavy atom. The van der Waals surface area contributed by atoms with E-state index in [9.17, 15) is 8.78 Å². The predicted molar refractivity (Wildman–Crippen MR) is 40.2 cm³/mol. The summed E-state index contributed by atoms with van der Waals surface area (Å²) >= 11 is 5.44. The van der Waals surface area contributed by atoms with E-state index in [1.165, 1.54) is 13.2 Å². The molecule has 0 spiro atoms. The van der Waals surface area contributed by atoms with Crippen LogP contribution in [0.1, 0.15) is 0 Å². The van der Waals surface area contributed by atoms with Gasteiger partial charge in [-0.15, -0.1) is 10.2 Å². The van der Waals surface area contributed by atoms with Gasteiger partial charge in [0.25, 0.3) is 5.88 Å². The van der Waals surface area contributed by atoms with Crippen molar-refractivity contribution in [3.05, 3.63) is 11.2 Å². The summed E-state index contributed by atoms with van der Waals surface area (Å²) in [6.45, 7) is -2.97. The molecule has 0 atom stereocenters. The lowest BCUT2D eigenvalue weighted by molar-refractivity contribution is -0.0549. The zero-order chi connectivity index (χ0) is 9.84. The van der Waals surface area contributed by atoms with E-state index in [0.717, 1.165) is 0 Å². The molecule has 0 aliphatic carbocycles. The third-order valence-corrected chi connectivity index (χ3v) is 1.30. The standard InChI is InChI=1S/C6H5ClF2N2O2/c1-12-3-2-4(7)10-11-5(3)13-6(8)9/h2,6H,1H3. The molecule has 0 radical (unpaired) electrons. The third kappa shape index (κ3) is 2.66. The number of nitrogens with zero attached hydrogens (tertiary/aromatic N) is 2. The Hall–Kier alpha value is -1.17. The Bertz CT molecular complexity index is 298. The number of hydrogen-bond donors (Lipinski definition) is 0. The number of ether oxygens (including phenoxy) is 2. The molecule has 4 nitrogen and oxygen atoms in total. The summed E-state index contributed by atoms with van der Waals surface area (Å²) in [5.41, 5.74) is 0. The molecule has 0 bridgehead atoms. The van der Waals surface area contributed by atoms with Crippen LogP contribution >= 0.6 is 11.6 Å². The van der Waals surface area contributed by atoms with E-state index in [4.69, 9.17) is 11.6 Å². The van der Waals surface area contributed by atoms with Crippen molar-refractivity contribution in [1.82, 2.24) is 10.2 Å². The lowest BCUT2D eigenvalue weighted by atomic mass is 10.5. The Morgan fingerprint density at radius 2 is 2.15 bits per heavy atom. The summed E-state index contributed by atoms with van der Waals surface area (Å²) in [7, 11) is 1.28. The molecule has 7 heteroatoms. The lowest BCUT2D eigenvalue weighted by Crippen LogP contribution is -2.06. The number of aromatic nitrogens is 2. The van der Waals surface area contributed by atoms with Gasteiger partial charge >= 0.3 is 6.61 Å². The topological polar surface area (TPSA) is 44.2 Å². The van der Waals surface area contributed by atoms with E-state index in [1.54, 1.807) is 0 Å². The summed E-state index contributed by atoms with van der Waals surface area (Å²) in [4.78, 5) is 0. The van der Waals surface area contributed by atoms with E-state index in [0.29, 0.717) is 0 Å². The van der Waals surface area contributed by atoms with Crippen LogP contribution in [0.5, 0.6) is 11.6 Å². The zero-order valence-corrected chi connectivity index (χ0v) is 7.26. The fourth-order valence-corrected chi connectivity index (χ4v) is 0.790. The predicted octanol–water partition coefficient (Wildman–Crippen LogP) is 1.74. The van der Waals surface area contributed by atoms with Gasteiger partial charge in [0.2, 0.25) is 0 Å². The van der Waals surface area contributed by atoms with Crippen LogP contribution in [-0.4, -0.2) is 23.9 Å². The van der Waals surface area contributed by atoms with Gasteiger partial charge in [-0.25, -0.2) is 0 Å². The van der Waals surface area contributed by atoms with Crippen molar-refractivity contribution >= 4 is 11.6 Å². The maximum Gasteiger partial charge on any atom is 0.388 e. The molecule has 0 saturated heterocycles. The molecule has 0 aliphatic rings. The molecule has 13 heavy (non-hydrogen) atoms. The molecular weight excluding hydrogens is 206 g/mol. The van der Waals surface area contributed by atoms with E-state index < -0.39 is 6.61 Å². The Labute approximate surface area is 77.4 Å².